The van der Waals surface area contributed by atoms with Crippen LogP contribution in [0.25, 0.3) is 5.76 Å². The Bertz CT molecular complexity index is 1750. The van der Waals surface area contributed by atoms with E-state index < -0.39 is 23.7 Å². The third-order valence-corrected chi connectivity index (χ3v) is 9.12. The normalized spacial score (nSPS) is 17.3. The number of aliphatic hydroxyl groups excluding tert-OH is 1. The number of fused-ring (bicyclic) bond motifs is 1. The SMILES string of the molecule is COC(=O)c1ccc([C@H]2C(=C(O)c3ccc4c(c3)OCCO4)C(=O)C(=O)N2c2nnc(SCc3ccc(C)cc3)s2)cc1. The lowest BCUT2D eigenvalue weighted by Crippen LogP contribution is -2.29. The zero-order valence-corrected chi connectivity index (χ0v) is 24.7. The number of amides is 1. The van der Waals surface area contributed by atoms with Crippen LogP contribution in [0.15, 0.2) is 76.6 Å². The van der Waals surface area contributed by atoms with Gasteiger partial charge in [-0.2, -0.15) is 0 Å². The molecule has 0 aliphatic carbocycles. The monoisotopic (exact) mass is 615 g/mol. The lowest BCUT2D eigenvalue weighted by Gasteiger charge is -2.23. The number of ether oxygens (including phenoxy) is 3. The van der Waals surface area contributed by atoms with Crippen LogP contribution in [0.2, 0.25) is 0 Å². The van der Waals surface area contributed by atoms with Crippen LogP contribution in [0, 0.1) is 6.92 Å². The Hall–Kier alpha value is -4.68. The number of aliphatic hydroxyl groups is 1. The summed E-state index contributed by atoms with van der Waals surface area (Å²) >= 11 is 2.64. The number of thioether (sulfide) groups is 1. The van der Waals surface area contributed by atoms with Crippen LogP contribution < -0.4 is 14.4 Å². The van der Waals surface area contributed by atoms with Crippen molar-refractivity contribution in [1.82, 2.24) is 10.2 Å². The first-order chi connectivity index (χ1) is 20.8. The number of Topliss-reactive ketones (excluding diaryl/α,β-unsaturated/α-hetero) is 1. The fraction of sp³-hybridized carbons (Fsp3) is 0.194. The van der Waals surface area contributed by atoms with E-state index in [2.05, 4.69) is 10.2 Å². The molecule has 43 heavy (non-hydrogen) atoms. The quantitative estimate of drug-likeness (QED) is 0.0728. The van der Waals surface area contributed by atoms with E-state index in [-0.39, 0.29) is 22.0 Å². The van der Waals surface area contributed by atoms with Crippen molar-refractivity contribution in [3.63, 3.8) is 0 Å². The molecule has 3 aromatic carbocycles. The van der Waals surface area contributed by atoms with Gasteiger partial charge in [0.15, 0.2) is 15.8 Å². The summed E-state index contributed by atoms with van der Waals surface area (Å²) in [6.45, 7) is 2.77. The number of hydrogen-bond acceptors (Lipinski definition) is 11. The summed E-state index contributed by atoms with van der Waals surface area (Å²) in [5, 5.41) is 20.2. The Morgan fingerprint density at radius 2 is 1.70 bits per heavy atom. The van der Waals surface area contributed by atoms with Gasteiger partial charge in [0.1, 0.15) is 19.0 Å². The minimum atomic E-state index is -1.04. The number of anilines is 1. The van der Waals surface area contributed by atoms with Crippen molar-refractivity contribution in [3.05, 3.63) is 100 Å². The van der Waals surface area contributed by atoms with Crippen molar-refractivity contribution < 1.29 is 33.7 Å². The first-order valence-electron chi connectivity index (χ1n) is 13.2. The third kappa shape index (κ3) is 5.58. The number of benzene rings is 3. The smallest absolute Gasteiger partial charge is 0.337 e. The van der Waals surface area contributed by atoms with Gasteiger partial charge in [0, 0.05) is 11.3 Å². The van der Waals surface area contributed by atoms with Gasteiger partial charge in [-0.25, -0.2) is 4.79 Å². The molecule has 12 heteroatoms. The number of methoxy groups -OCH3 is 1. The molecule has 0 spiro atoms. The van der Waals surface area contributed by atoms with Gasteiger partial charge in [-0.05, 0) is 48.4 Å². The van der Waals surface area contributed by atoms with E-state index in [0.717, 1.165) is 11.1 Å². The predicted octanol–water partition coefficient (Wildman–Crippen LogP) is 5.32. The van der Waals surface area contributed by atoms with Gasteiger partial charge < -0.3 is 19.3 Å². The molecule has 1 amide bonds. The van der Waals surface area contributed by atoms with Crippen LogP contribution in [0.4, 0.5) is 5.13 Å². The molecule has 1 atom stereocenters. The molecule has 0 radical (unpaired) electrons. The van der Waals surface area contributed by atoms with Gasteiger partial charge in [-0.15, -0.1) is 10.2 Å². The van der Waals surface area contributed by atoms with Crippen molar-refractivity contribution in [2.75, 3.05) is 25.2 Å². The molecule has 2 aliphatic rings. The van der Waals surface area contributed by atoms with Crippen LogP contribution in [0.3, 0.4) is 0 Å². The van der Waals surface area contributed by atoms with Gasteiger partial charge in [-0.3, -0.25) is 14.5 Å². The van der Waals surface area contributed by atoms with E-state index >= 15 is 0 Å². The Kier molecular flexibility index (Phi) is 7.87. The number of aryl methyl sites for hydroxylation is 1. The minimum absolute atomic E-state index is 0.128. The van der Waals surface area contributed by atoms with Crippen molar-refractivity contribution in [1.29, 1.82) is 0 Å². The molecule has 1 N–H and O–H groups in total. The summed E-state index contributed by atoms with van der Waals surface area (Å²) < 4.78 is 16.6. The van der Waals surface area contributed by atoms with E-state index in [4.69, 9.17) is 14.2 Å². The maximum absolute atomic E-state index is 13.6. The van der Waals surface area contributed by atoms with E-state index in [9.17, 15) is 19.5 Å². The molecule has 3 heterocycles. The number of ketones is 1. The molecule has 0 bridgehead atoms. The van der Waals surface area contributed by atoms with E-state index in [1.165, 1.54) is 47.2 Å². The molecular weight excluding hydrogens is 590 g/mol. The standard InChI is InChI=1S/C31H25N3O7S2/c1-17-3-5-18(6-4-17)16-42-31-33-32-30(43-31)34-25(19-7-9-20(10-8-19)29(38)39-2)24(27(36)28(34)37)26(35)21-11-12-22-23(15-21)41-14-13-40-22/h3-12,15,25,35H,13-14,16H2,1-2H3/t25-/m0/s1. The highest BCUT2D eigenvalue weighted by atomic mass is 32.2. The van der Waals surface area contributed by atoms with Gasteiger partial charge in [-0.1, -0.05) is 65.1 Å². The van der Waals surface area contributed by atoms with Crippen LogP contribution >= 0.6 is 23.1 Å². The number of carbonyl (C=O) groups is 3. The maximum atomic E-state index is 13.6. The Labute approximate surface area is 254 Å². The van der Waals surface area contributed by atoms with Gasteiger partial charge in [0.2, 0.25) is 5.13 Å². The van der Waals surface area contributed by atoms with Crippen LogP contribution in [-0.4, -0.2) is 53.3 Å². The van der Waals surface area contributed by atoms with Gasteiger partial charge in [0.25, 0.3) is 5.78 Å². The molecular formula is C31H25N3O7S2. The largest absolute Gasteiger partial charge is 0.507 e. The van der Waals surface area contributed by atoms with Gasteiger partial charge in [0.05, 0.1) is 24.3 Å². The number of nitrogens with zero attached hydrogens (tertiary/aromatic N) is 3. The lowest BCUT2D eigenvalue weighted by molar-refractivity contribution is -0.132. The second-order valence-corrected chi connectivity index (χ2v) is 11.9. The molecule has 1 fully saturated rings. The number of carbonyl (C=O) groups excluding carboxylic acids is 3. The maximum Gasteiger partial charge on any atom is 0.337 e. The first-order valence-corrected chi connectivity index (χ1v) is 15.1. The molecule has 10 nitrogen and oxygen atoms in total. The van der Waals surface area contributed by atoms with Crippen LogP contribution in [0.5, 0.6) is 11.5 Å². The molecule has 1 saturated heterocycles. The topological polar surface area (TPSA) is 128 Å². The van der Waals surface area contributed by atoms with E-state index in [0.29, 0.717) is 45.9 Å². The second-order valence-electron chi connectivity index (χ2n) is 9.77. The molecule has 2 aliphatic heterocycles. The highest BCUT2D eigenvalue weighted by Crippen LogP contribution is 2.45. The molecule has 1 aromatic heterocycles. The third-order valence-electron chi connectivity index (χ3n) is 6.99. The zero-order valence-electron chi connectivity index (χ0n) is 23.1. The Balaban J connectivity index is 1.39. The minimum Gasteiger partial charge on any atom is -0.507 e. The van der Waals surface area contributed by atoms with E-state index in [1.54, 1.807) is 30.3 Å². The number of rotatable bonds is 7. The summed E-state index contributed by atoms with van der Waals surface area (Å²) in [4.78, 5) is 40.4. The van der Waals surface area contributed by atoms with Crippen molar-refractivity contribution >= 4 is 51.6 Å². The molecule has 4 aromatic rings. The Morgan fingerprint density at radius 3 is 2.42 bits per heavy atom. The van der Waals surface area contributed by atoms with E-state index in [1.807, 2.05) is 31.2 Å². The molecule has 218 valence electrons. The molecule has 6 rings (SSSR count). The van der Waals surface area contributed by atoms with Crippen LogP contribution in [-0.2, 0) is 20.1 Å². The summed E-state index contributed by atoms with van der Waals surface area (Å²) in [5.74, 6) is -1.05. The fourth-order valence-electron chi connectivity index (χ4n) is 4.80. The lowest BCUT2D eigenvalue weighted by atomic mass is 9.94. The first kappa shape index (κ1) is 28.4. The summed E-state index contributed by atoms with van der Waals surface area (Å²) in [6.07, 6.45) is 0. The second kappa shape index (κ2) is 11.9. The zero-order chi connectivity index (χ0) is 30.1. The van der Waals surface area contributed by atoms with Crippen molar-refractivity contribution in [2.45, 2.75) is 23.1 Å². The summed E-state index contributed by atoms with van der Waals surface area (Å²) in [5.41, 5.74) is 3.20. The number of hydrogen-bond donors (Lipinski definition) is 1. The highest BCUT2D eigenvalue weighted by Gasteiger charge is 2.48. The average molecular weight is 616 g/mol. The molecule has 0 unspecified atom stereocenters. The predicted molar refractivity (Wildman–Crippen MR) is 161 cm³/mol. The summed E-state index contributed by atoms with van der Waals surface area (Å²) in [6, 6.07) is 18.2. The highest BCUT2D eigenvalue weighted by molar-refractivity contribution is 8.00. The summed E-state index contributed by atoms with van der Waals surface area (Å²) in [7, 11) is 1.28. The number of aromatic nitrogens is 2. The number of esters is 1. The van der Waals surface area contributed by atoms with Crippen molar-refractivity contribution in [2.24, 2.45) is 0 Å². The van der Waals surface area contributed by atoms with Crippen LogP contribution in [0.1, 0.15) is 38.7 Å². The van der Waals surface area contributed by atoms with Crippen molar-refractivity contribution in [3.8, 4) is 11.5 Å². The fourth-order valence-corrected chi connectivity index (χ4v) is 6.62. The Morgan fingerprint density at radius 1 is 1.00 bits per heavy atom. The average Bonchev–Trinajstić information content (AvgIpc) is 3.61. The van der Waals surface area contributed by atoms with Gasteiger partial charge >= 0.3 is 11.9 Å². The molecule has 0 saturated carbocycles.